The molecule has 0 aliphatic rings. The first-order valence-corrected chi connectivity index (χ1v) is 8.81. The zero-order chi connectivity index (χ0) is 16.7. The number of hydrogen-bond acceptors (Lipinski definition) is 6. The molecular formula is C14H18FN3O4S. The minimum absolute atomic E-state index is 0.0284. The summed E-state index contributed by atoms with van der Waals surface area (Å²) in [7, 11) is -3.52. The first-order chi connectivity index (χ1) is 11.0. The maximum absolute atomic E-state index is 13.3. The largest absolute Gasteiger partial charge is 0.489 e. The SMILES string of the molecule is CCc1noc(CCNS(=O)(=O)CCOc2ccccc2F)n1. The summed E-state index contributed by atoms with van der Waals surface area (Å²) in [6.07, 6.45) is 0.961. The fourth-order valence-corrected chi connectivity index (χ4v) is 2.60. The van der Waals surface area contributed by atoms with Gasteiger partial charge in [0.25, 0.3) is 0 Å². The summed E-state index contributed by atoms with van der Waals surface area (Å²) in [5.41, 5.74) is 0. The second-order valence-corrected chi connectivity index (χ2v) is 6.63. The maximum Gasteiger partial charge on any atom is 0.227 e. The molecule has 1 N–H and O–H groups in total. The summed E-state index contributed by atoms with van der Waals surface area (Å²) in [6, 6.07) is 5.83. The average molecular weight is 343 g/mol. The van der Waals surface area contributed by atoms with Gasteiger partial charge in [-0.3, -0.25) is 0 Å². The van der Waals surface area contributed by atoms with Crippen LogP contribution in [0.15, 0.2) is 28.8 Å². The Morgan fingerprint density at radius 2 is 2.13 bits per heavy atom. The predicted molar refractivity (Wildman–Crippen MR) is 81.1 cm³/mol. The minimum Gasteiger partial charge on any atom is -0.489 e. The van der Waals surface area contributed by atoms with Crippen LogP contribution in [0.5, 0.6) is 5.75 Å². The fraction of sp³-hybridized carbons (Fsp3) is 0.429. The second kappa shape index (κ2) is 8.02. The van der Waals surface area contributed by atoms with E-state index < -0.39 is 15.8 Å². The number of rotatable bonds is 9. The van der Waals surface area contributed by atoms with E-state index in [9.17, 15) is 12.8 Å². The van der Waals surface area contributed by atoms with E-state index in [0.29, 0.717) is 24.6 Å². The van der Waals surface area contributed by atoms with Gasteiger partial charge in [0.15, 0.2) is 17.4 Å². The summed E-state index contributed by atoms with van der Waals surface area (Å²) in [5, 5.41) is 3.72. The molecule has 2 aromatic rings. The van der Waals surface area contributed by atoms with Crippen molar-refractivity contribution in [3.05, 3.63) is 41.8 Å². The molecule has 1 aromatic heterocycles. The zero-order valence-corrected chi connectivity index (χ0v) is 13.5. The van der Waals surface area contributed by atoms with Crippen molar-refractivity contribution in [3.8, 4) is 5.75 Å². The predicted octanol–water partition coefficient (Wildman–Crippen LogP) is 1.31. The van der Waals surface area contributed by atoms with E-state index in [4.69, 9.17) is 9.26 Å². The van der Waals surface area contributed by atoms with Crippen LogP contribution in [0.2, 0.25) is 0 Å². The van der Waals surface area contributed by atoms with Crippen LogP contribution in [-0.4, -0.2) is 37.5 Å². The van der Waals surface area contributed by atoms with Crippen LogP contribution in [-0.2, 0) is 22.9 Å². The molecule has 2 rings (SSSR count). The molecule has 23 heavy (non-hydrogen) atoms. The highest BCUT2D eigenvalue weighted by Crippen LogP contribution is 2.15. The number of aryl methyl sites for hydroxylation is 1. The van der Waals surface area contributed by atoms with Gasteiger partial charge in [-0.05, 0) is 12.1 Å². The normalized spacial score (nSPS) is 11.6. The van der Waals surface area contributed by atoms with Crippen LogP contribution < -0.4 is 9.46 Å². The third-order valence-electron chi connectivity index (χ3n) is 2.93. The highest BCUT2D eigenvalue weighted by molar-refractivity contribution is 7.89. The summed E-state index contributed by atoms with van der Waals surface area (Å²) in [6.45, 7) is 1.90. The van der Waals surface area contributed by atoms with Gasteiger partial charge in [-0.15, -0.1) is 0 Å². The number of aromatic nitrogens is 2. The van der Waals surface area contributed by atoms with Crippen LogP contribution in [0.4, 0.5) is 4.39 Å². The van der Waals surface area contributed by atoms with E-state index in [0.717, 1.165) is 0 Å². The first kappa shape index (κ1) is 17.4. The molecule has 0 saturated heterocycles. The van der Waals surface area contributed by atoms with Crippen molar-refractivity contribution in [3.63, 3.8) is 0 Å². The number of para-hydroxylation sites is 1. The molecular weight excluding hydrogens is 325 g/mol. The summed E-state index contributed by atoms with van der Waals surface area (Å²) >= 11 is 0. The lowest BCUT2D eigenvalue weighted by molar-refractivity contribution is 0.322. The Morgan fingerprint density at radius 1 is 1.35 bits per heavy atom. The summed E-state index contributed by atoms with van der Waals surface area (Å²) in [4.78, 5) is 4.08. The van der Waals surface area contributed by atoms with Gasteiger partial charge in [0.1, 0.15) is 6.61 Å². The maximum atomic E-state index is 13.3. The van der Waals surface area contributed by atoms with Gasteiger partial charge < -0.3 is 9.26 Å². The molecule has 0 bridgehead atoms. The molecule has 0 spiro atoms. The van der Waals surface area contributed by atoms with E-state index in [1.807, 2.05) is 6.92 Å². The molecule has 0 amide bonds. The van der Waals surface area contributed by atoms with Gasteiger partial charge in [0.05, 0.1) is 5.75 Å². The van der Waals surface area contributed by atoms with E-state index in [-0.39, 0.29) is 24.7 Å². The lowest BCUT2D eigenvalue weighted by atomic mass is 10.3. The van der Waals surface area contributed by atoms with E-state index in [1.165, 1.54) is 18.2 Å². The van der Waals surface area contributed by atoms with Crippen molar-refractivity contribution in [2.75, 3.05) is 18.9 Å². The lowest BCUT2D eigenvalue weighted by Gasteiger charge is -2.08. The fourth-order valence-electron chi connectivity index (χ4n) is 1.74. The van der Waals surface area contributed by atoms with Crippen LogP contribution in [0.3, 0.4) is 0 Å². The van der Waals surface area contributed by atoms with Crippen LogP contribution in [0.1, 0.15) is 18.6 Å². The van der Waals surface area contributed by atoms with Crippen molar-refractivity contribution in [1.82, 2.24) is 14.9 Å². The molecule has 126 valence electrons. The van der Waals surface area contributed by atoms with Crippen molar-refractivity contribution in [2.45, 2.75) is 19.8 Å². The van der Waals surface area contributed by atoms with Crippen molar-refractivity contribution in [1.29, 1.82) is 0 Å². The minimum atomic E-state index is -3.52. The van der Waals surface area contributed by atoms with Crippen molar-refractivity contribution < 1.29 is 22.1 Å². The molecule has 0 saturated carbocycles. The molecule has 7 nitrogen and oxygen atoms in total. The molecule has 0 atom stereocenters. The number of nitrogens with zero attached hydrogens (tertiary/aromatic N) is 2. The standard InChI is InChI=1S/C14H18FN3O4S/c1-2-13-17-14(22-18-13)7-8-16-23(19,20)10-9-21-12-6-4-3-5-11(12)15/h3-6,16H,2,7-10H2,1H3. The van der Waals surface area contributed by atoms with Gasteiger partial charge in [0.2, 0.25) is 15.9 Å². The molecule has 1 heterocycles. The number of benzene rings is 1. The topological polar surface area (TPSA) is 94.3 Å². The second-order valence-electron chi connectivity index (χ2n) is 4.70. The Balaban J connectivity index is 1.73. The van der Waals surface area contributed by atoms with Gasteiger partial charge >= 0.3 is 0 Å². The van der Waals surface area contributed by atoms with Crippen LogP contribution in [0, 0.1) is 5.82 Å². The molecule has 0 aliphatic carbocycles. The van der Waals surface area contributed by atoms with Gasteiger partial charge in [-0.25, -0.2) is 17.5 Å². The van der Waals surface area contributed by atoms with E-state index in [2.05, 4.69) is 14.9 Å². The summed E-state index contributed by atoms with van der Waals surface area (Å²) in [5.74, 6) is 0.195. The average Bonchev–Trinajstić information content (AvgIpc) is 2.97. The Labute approximate surface area is 133 Å². The Bertz CT molecular complexity index is 733. The highest BCUT2D eigenvalue weighted by Gasteiger charge is 2.12. The van der Waals surface area contributed by atoms with Crippen LogP contribution >= 0.6 is 0 Å². The Morgan fingerprint density at radius 3 is 2.83 bits per heavy atom. The van der Waals surface area contributed by atoms with Crippen molar-refractivity contribution >= 4 is 10.0 Å². The molecule has 1 aromatic carbocycles. The number of halogens is 1. The number of sulfonamides is 1. The third-order valence-corrected chi connectivity index (χ3v) is 4.28. The zero-order valence-electron chi connectivity index (χ0n) is 12.7. The first-order valence-electron chi connectivity index (χ1n) is 7.16. The molecule has 9 heteroatoms. The number of hydrogen-bond donors (Lipinski definition) is 1. The van der Waals surface area contributed by atoms with E-state index >= 15 is 0 Å². The highest BCUT2D eigenvalue weighted by atomic mass is 32.2. The molecule has 0 radical (unpaired) electrons. The van der Waals surface area contributed by atoms with Crippen molar-refractivity contribution in [2.24, 2.45) is 0 Å². The number of nitrogens with one attached hydrogen (secondary N) is 1. The number of ether oxygens (including phenoxy) is 1. The summed E-state index contributed by atoms with van der Waals surface area (Å²) < 4.78 is 49.4. The lowest BCUT2D eigenvalue weighted by Crippen LogP contribution is -2.30. The third kappa shape index (κ3) is 5.61. The molecule has 0 aliphatic heterocycles. The van der Waals surface area contributed by atoms with Gasteiger partial charge in [-0.1, -0.05) is 24.2 Å². The van der Waals surface area contributed by atoms with Crippen LogP contribution in [0.25, 0.3) is 0 Å². The monoisotopic (exact) mass is 343 g/mol. The smallest absolute Gasteiger partial charge is 0.227 e. The van der Waals surface area contributed by atoms with E-state index in [1.54, 1.807) is 6.07 Å². The quantitative estimate of drug-likeness (QED) is 0.738. The van der Waals surface area contributed by atoms with Gasteiger partial charge in [-0.2, -0.15) is 4.98 Å². The molecule has 0 fully saturated rings. The van der Waals surface area contributed by atoms with Gasteiger partial charge in [0, 0.05) is 19.4 Å². The Kier molecular flexibility index (Phi) is 6.05. The molecule has 0 unspecified atom stereocenters. The Hall–Kier alpha value is -2.00.